The molecule has 0 aliphatic carbocycles. The van der Waals surface area contributed by atoms with Gasteiger partial charge in [0, 0.05) is 13.0 Å². The minimum absolute atomic E-state index is 0. The molecule has 17 heavy (non-hydrogen) atoms. The van der Waals surface area contributed by atoms with Crippen LogP contribution in [0.25, 0.3) is 0 Å². The normalized spacial score (nSPS) is 11.4. The number of aromatic nitrogens is 2. The summed E-state index contributed by atoms with van der Waals surface area (Å²) in [6, 6.07) is -1.10. The SMILES string of the molecule is NCCC(=O)N[C@@H](Cc1c[n-]cn1)C(=O)[O-].[Mn+2]. The number of carboxylic acid groups (broad SMARTS) is 1. The maximum atomic E-state index is 11.2. The van der Waals surface area contributed by atoms with Crippen molar-refractivity contribution in [3.8, 4) is 0 Å². The summed E-state index contributed by atoms with van der Waals surface area (Å²) in [6.45, 7) is 0.168. The predicted molar refractivity (Wildman–Crippen MR) is 51.9 cm³/mol. The Hall–Kier alpha value is -1.37. The van der Waals surface area contributed by atoms with Crippen LogP contribution in [0.15, 0.2) is 12.5 Å². The fourth-order valence-corrected chi connectivity index (χ4v) is 1.17. The summed E-state index contributed by atoms with van der Waals surface area (Å²) >= 11 is 0. The van der Waals surface area contributed by atoms with Gasteiger partial charge in [-0.25, -0.2) is 0 Å². The van der Waals surface area contributed by atoms with Crippen molar-refractivity contribution in [2.24, 2.45) is 5.73 Å². The summed E-state index contributed by atoms with van der Waals surface area (Å²) in [5.41, 5.74) is 5.66. The molecule has 0 unspecified atom stereocenters. The first-order valence-electron chi connectivity index (χ1n) is 4.75. The van der Waals surface area contributed by atoms with Gasteiger partial charge in [-0.15, -0.1) is 0 Å². The van der Waals surface area contributed by atoms with E-state index in [1.165, 1.54) is 12.5 Å². The number of imidazole rings is 1. The minimum atomic E-state index is -1.35. The number of nitrogens with two attached hydrogens (primary N) is 1. The van der Waals surface area contributed by atoms with Gasteiger partial charge >= 0.3 is 17.1 Å². The van der Waals surface area contributed by atoms with E-state index < -0.39 is 17.9 Å². The average Bonchev–Trinajstić information content (AvgIpc) is 2.69. The van der Waals surface area contributed by atoms with Gasteiger partial charge in [-0.2, -0.15) is 0 Å². The van der Waals surface area contributed by atoms with Crippen LogP contribution >= 0.6 is 0 Å². The molecule has 1 rings (SSSR count). The van der Waals surface area contributed by atoms with Gasteiger partial charge in [0.15, 0.2) is 0 Å². The number of rotatable bonds is 6. The molecule has 93 valence electrons. The van der Waals surface area contributed by atoms with Crippen molar-refractivity contribution in [3.05, 3.63) is 18.2 Å². The molecule has 1 atom stereocenters. The molecule has 8 heteroatoms. The van der Waals surface area contributed by atoms with Crippen LogP contribution < -0.4 is 21.1 Å². The van der Waals surface area contributed by atoms with E-state index in [1.807, 2.05) is 0 Å². The number of aliphatic carboxylic acids is 1. The quantitative estimate of drug-likeness (QED) is 0.541. The summed E-state index contributed by atoms with van der Waals surface area (Å²) in [4.78, 5) is 29.4. The van der Waals surface area contributed by atoms with Crippen LogP contribution in [0, 0.1) is 0 Å². The first-order chi connectivity index (χ1) is 7.63. The fraction of sp³-hybridized carbons (Fsp3) is 0.444. The van der Waals surface area contributed by atoms with Gasteiger partial charge in [0.25, 0.3) is 0 Å². The number of hydrogen-bond donors (Lipinski definition) is 2. The van der Waals surface area contributed by atoms with E-state index in [1.54, 1.807) is 0 Å². The van der Waals surface area contributed by atoms with Crippen LogP contribution in [0.3, 0.4) is 0 Å². The van der Waals surface area contributed by atoms with Crippen LogP contribution in [0.4, 0.5) is 0 Å². The van der Waals surface area contributed by atoms with Gasteiger partial charge in [-0.1, -0.05) is 18.2 Å². The van der Waals surface area contributed by atoms with Crippen molar-refractivity contribution in [2.75, 3.05) is 6.54 Å². The van der Waals surface area contributed by atoms with Crippen molar-refractivity contribution in [1.82, 2.24) is 15.3 Å². The molecule has 3 N–H and O–H groups in total. The van der Waals surface area contributed by atoms with Gasteiger partial charge < -0.3 is 30.9 Å². The third-order valence-corrected chi connectivity index (χ3v) is 1.92. The zero-order chi connectivity index (χ0) is 12.0. The van der Waals surface area contributed by atoms with Crippen LogP contribution in [-0.4, -0.2) is 29.4 Å². The molecule has 0 spiro atoms. The van der Waals surface area contributed by atoms with E-state index in [4.69, 9.17) is 5.73 Å². The van der Waals surface area contributed by atoms with Crippen molar-refractivity contribution >= 4 is 11.9 Å². The number of carboxylic acids is 1. The second kappa shape index (κ2) is 7.83. The summed E-state index contributed by atoms with van der Waals surface area (Å²) in [5.74, 6) is -1.77. The molecule has 0 aromatic carbocycles. The van der Waals surface area contributed by atoms with Gasteiger partial charge in [-0.05, 0) is 6.42 Å². The molecule has 0 saturated heterocycles. The van der Waals surface area contributed by atoms with Crippen LogP contribution in [-0.2, 0) is 33.1 Å². The third-order valence-electron chi connectivity index (χ3n) is 1.92. The van der Waals surface area contributed by atoms with E-state index in [9.17, 15) is 14.7 Å². The van der Waals surface area contributed by atoms with Crippen molar-refractivity contribution < 1.29 is 31.8 Å². The Balaban J connectivity index is 0.00000256. The molecule has 1 aromatic heterocycles. The Bertz CT molecular complexity index is 355. The van der Waals surface area contributed by atoms with Gasteiger partial charge in [0.2, 0.25) is 5.91 Å². The maximum absolute atomic E-state index is 11.2. The van der Waals surface area contributed by atoms with Crippen molar-refractivity contribution in [2.45, 2.75) is 18.9 Å². The molecule has 0 aliphatic heterocycles. The molecule has 7 nitrogen and oxygen atoms in total. The topological polar surface area (TPSA) is 122 Å². The van der Waals surface area contributed by atoms with Gasteiger partial charge in [-0.3, -0.25) is 4.79 Å². The third kappa shape index (κ3) is 5.48. The number of nitrogens with one attached hydrogen (secondary N) is 1. The Morgan fingerprint density at radius 1 is 1.59 bits per heavy atom. The number of carbonyl (C=O) groups excluding carboxylic acids is 2. The van der Waals surface area contributed by atoms with Crippen LogP contribution in [0.5, 0.6) is 0 Å². The molecule has 0 bridgehead atoms. The Morgan fingerprint density at radius 3 is 2.76 bits per heavy atom. The predicted octanol–water partition coefficient (Wildman–Crippen LogP) is -2.84. The van der Waals surface area contributed by atoms with E-state index in [2.05, 4.69) is 15.3 Å². The van der Waals surface area contributed by atoms with E-state index in [0.29, 0.717) is 5.69 Å². The molecular weight excluding hydrogens is 267 g/mol. The number of carbonyl (C=O) groups is 2. The summed E-state index contributed by atoms with van der Waals surface area (Å²) in [5, 5.41) is 13.1. The number of amides is 1. The number of hydrogen-bond acceptors (Lipinski definition) is 5. The zero-order valence-corrected chi connectivity index (χ0v) is 10.1. The van der Waals surface area contributed by atoms with Gasteiger partial charge in [0.05, 0.1) is 12.0 Å². The smallest absolute Gasteiger partial charge is 0.548 e. The molecule has 1 amide bonds. The van der Waals surface area contributed by atoms with Crippen LogP contribution in [0.2, 0.25) is 0 Å². The minimum Gasteiger partial charge on any atom is -0.548 e. The first kappa shape index (κ1) is 15.6. The fourth-order valence-electron chi connectivity index (χ4n) is 1.17. The Labute approximate surface area is 109 Å². The molecule has 1 aromatic rings. The largest absolute Gasteiger partial charge is 2.00 e. The molecule has 0 saturated carbocycles. The summed E-state index contributed by atoms with van der Waals surface area (Å²) in [7, 11) is 0. The summed E-state index contributed by atoms with van der Waals surface area (Å²) < 4.78 is 0. The van der Waals surface area contributed by atoms with E-state index in [0.717, 1.165) is 0 Å². The second-order valence-electron chi connectivity index (χ2n) is 3.20. The van der Waals surface area contributed by atoms with E-state index in [-0.39, 0.29) is 36.5 Å². The molecule has 0 fully saturated rings. The Kier molecular flexibility index (Phi) is 7.20. The second-order valence-corrected chi connectivity index (χ2v) is 3.20. The zero-order valence-electron chi connectivity index (χ0n) is 8.93. The van der Waals surface area contributed by atoms with Crippen molar-refractivity contribution in [1.29, 1.82) is 0 Å². The maximum Gasteiger partial charge on any atom is 2.00 e. The Morgan fingerprint density at radius 2 is 2.29 bits per heavy atom. The molecular formula is C9H12MnN4O3. The molecule has 1 radical (unpaired) electrons. The van der Waals surface area contributed by atoms with E-state index >= 15 is 0 Å². The molecule has 1 heterocycles. The number of nitrogens with zero attached hydrogens (tertiary/aromatic N) is 2. The summed E-state index contributed by atoms with van der Waals surface area (Å²) in [6.07, 6.45) is 2.88. The molecule has 0 aliphatic rings. The van der Waals surface area contributed by atoms with Crippen LogP contribution in [0.1, 0.15) is 12.1 Å². The first-order valence-corrected chi connectivity index (χ1v) is 4.75. The standard InChI is InChI=1S/C9H14N4O3.Mn/c10-2-1-8(14)13-7(9(15)16)3-6-4-11-5-12-6;/h4-5,7H,1-3,10H2,(H3,11,12,13,14,15,16);/q;+2/p-2/t7-;/m0./s1. The average molecular weight is 279 g/mol. The van der Waals surface area contributed by atoms with Crippen molar-refractivity contribution in [3.63, 3.8) is 0 Å². The van der Waals surface area contributed by atoms with Gasteiger partial charge in [0.1, 0.15) is 0 Å². The monoisotopic (exact) mass is 279 g/mol.